The maximum atomic E-state index is 6.20. The van der Waals surface area contributed by atoms with E-state index in [1.165, 1.54) is 0 Å². The van der Waals surface area contributed by atoms with E-state index >= 15 is 0 Å². The van der Waals surface area contributed by atoms with Gasteiger partial charge in [0.15, 0.2) is 5.82 Å². The number of rotatable bonds is 5. The molecule has 0 saturated heterocycles. The summed E-state index contributed by atoms with van der Waals surface area (Å²) in [6.07, 6.45) is 0. The average Bonchev–Trinajstić information content (AvgIpc) is 2.79. The molecule has 0 atom stereocenters. The summed E-state index contributed by atoms with van der Waals surface area (Å²) in [5, 5.41) is 12.3. The predicted octanol–water partition coefficient (Wildman–Crippen LogP) is 2.39. The number of aromatic nitrogens is 4. The Bertz CT molecular complexity index is 596. The Kier molecular flexibility index (Phi) is 4.25. The molecular formula is C13H18ClN5O. The normalized spacial score (nSPS) is 11.8. The second-order valence-electron chi connectivity index (χ2n) is 5.09. The number of tetrazole rings is 1. The molecule has 1 aromatic heterocycles. The highest BCUT2D eigenvalue weighted by molar-refractivity contribution is 6.33. The average molecular weight is 296 g/mol. The summed E-state index contributed by atoms with van der Waals surface area (Å²) in [4.78, 5) is 0. The molecule has 0 aliphatic heterocycles. The van der Waals surface area contributed by atoms with Gasteiger partial charge in [0.05, 0.1) is 17.2 Å². The Morgan fingerprint density at radius 3 is 2.85 bits per heavy atom. The Hall–Kier alpha value is -1.66. The van der Waals surface area contributed by atoms with Crippen molar-refractivity contribution < 1.29 is 4.74 Å². The van der Waals surface area contributed by atoms with Crippen LogP contribution in [0.5, 0.6) is 0 Å². The topological polar surface area (TPSA) is 78.8 Å². The van der Waals surface area contributed by atoms with Crippen molar-refractivity contribution in [1.82, 2.24) is 20.2 Å². The molecule has 6 nitrogen and oxygen atoms in total. The number of ether oxygens (including phenoxy) is 1. The van der Waals surface area contributed by atoms with E-state index in [2.05, 4.69) is 15.5 Å². The SMILES string of the molecule is CCOC(C)(C)Cn1nnnc1-c1cc(N)ccc1Cl. The molecule has 0 radical (unpaired) electrons. The van der Waals surface area contributed by atoms with E-state index in [1.807, 2.05) is 20.8 Å². The minimum atomic E-state index is -0.369. The maximum Gasteiger partial charge on any atom is 0.183 e. The molecule has 2 aromatic rings. The summed E-state index contributed by atoms with van der Waals surface area (Å²) in [7, 11) is 0. The first kappa shape index (κ1) is 14.7. The lowest BCUT2D eigenvalue weighted by atomic mass is 10.1. The molecule has 0 spiro atoms. The summed E-state index contributed by atoms with van der Waals surface area (Å²) >= 11 is 6.20. The quantitative estimate of drug-likeness (QED) is 0.857. The fourth-order valence-corrected chi connectivity index (χ4v) is 2.22. The van der Waals surface area contributed by atoms with Gasteiger partial charge in [0.1, 0.15) is 0 Å². The standard InChI is InChI=1S/C13H18ClN5O/c1-4-20-13(2,3)8-19-12(16-17-18-19)10-7-9(15)5-6-11(10)14/h5-7H,4,8,15H2,1-3H3. The van der Waals surface area contributed by atoms with Crippen molar-refractivity contribution in [3.05, 3.63) is 23.2 Å². The van der Waals surface area contributed by atoms with Crippen LogP contribution in [-0.2, 0) is 11.3 Å². The van der Waals surface area contributed by atoms with Gasteiger partial charge in [-0.15, -0.1) is 5.10 Å². The van der Waals surface area contributed by atoms with Gasteiger partial charge in [0.2, 0.25) is 0 Å². The third-order valence-electron chi connectivity index (χ3n) is 2.83. The highest BCUT2D eigenvalue weighted by atomic mass is 35.5. The lowest BCUT2D eigenvalue weighted by Gasteiger charge is -2.24. The second-order valence-corrected chi connectivity index (χ2v) is 5.50. The van der Waals surface area contributed by atoms with E-state index < -0.39 is 0 Å². The molecule has 1 aromatic carbocycles. The van der Waals surface area contributed by atoms with Gasteiger partial charge in [-0.25, -0.2) is 4.68 Å². The highest BCUT2D eigenvalue weighted by Crippen LogP contribution is 2.28. The molecule has 0 bridgehead atoms. The zero-order valence-corrected chi connectivity index (χ0v) is 12.6. The molecular weight excluding hydrogens is 278 g/mol. The smallest absolute Gasteiger partial charge is 0.183 e. The zero-order valence-electron chi connectivity index (χ0n) is 11.8. The Labute approximate surface area is 122 Å². The van der Waals surface area contributed by atoms with Gasteiger partial charge in [-0.1, -0.05) is 11.6 Å². The van der Waals surface area contributed by atoms with E-state index in [-0.39, 0.29) is 5.60 Å². The summed E-state index contributed by atoms with van der Waals surface area (Å²) in [6.45, 7) is 7.08. The summed E-state index contributed by atoms with van der Waals surface area (Å²) < 4.78 is 7.35. The summed E-state index contributed by atoms with van der Waals surface area (Å²) in [5.74, 6) is 0.579. The van der Waals surface area contributed by atoms with Gasteiger partial charge in [0, 0.05) is 17.9 Å². The molecule has 2 rings (SSSR count). The fourth-order valence-electron chi connectivity index (χ4n) is 2.02. The number of hydrogen-bond acceptors (Lipinski definition) is 5. The van der Waals surface area contributed by atoms with Crippen molar-refractivity contribution in [1.29, 1.82) is 0 Å². The van der Waals surface area contributed by atoms with Crippen molar-refractivity contribution in [2.75, 3.05) is 12.3 Å². The molecule has 1 heterocycles. The van der Waals surface area contributed by atoms with Crippen LogP contribution in [0.3, 0.4) is 0 Å². The van der Waals surface area contributed by atoms with Gasteiger partial charge in [0.25, 0.3) is 0 Å². The van der Waals surface area contributed by atoms with Gasteiger partial charge >= 0.3 is 0 Å². The van der Waals surface area contributed by atoms with Crippen LogP contribution in [0.25, 0.3) is 11.4 Å². The Morgan fingerprint density at radius 1 is 1.40 bits per heavy atom. The molecule has 108 valence electrons. The van der Waals surface area contributed by atoms with Crippen molar-refractivity contribution >= 4 is 17.3 Å². The first-order valence-corrected chi connectivity index (χ1v) is 6.76. The van der Waals surface area contributed by atoms with Crippen LogP contribution in [-0.4, -0.2) is 32.4 Å². The summed E-state index contributed by atoms with van der Waals surface area (Å²) in [5.41, 5.74) is 6.75. The second kappa shape index (κ2) is 5.76. The van der Waals surface area contributed by atoms with Crippen LogP contribution in [0.1, 0.15) is 20.8 Å². The van der Waals surface area contributed by atoms with Crippen LogP contribution < -0.4 is 5.73 Å². The molecule has 0 fully saturated rings. The van der Waals surface area contributed by atoms with E-state index in [1.54, 1.807) is 22.9 Å². The molecule has 0 amide bonds. The van der Waals surface area contributed by atoms with Gasteiger partial charge in [-0.3, -0.25) is 0 Å². The van der Waals surface area contributed by atoms with Crippen LogP contribution in [0, 0.1) is 0 Å². The number of nitrogens with two attached hydrogens (primary N) is 1. The largest absolute Gasteiger partial charge is 0.399 e. The fraction of sp³-hybridized carbons (Fsp3) is 0.462. The molecule has 20 heavy (non-hydrogen) atoms. The lowest BCUT2D eigenvalue weighted by molar-refractivity contribution is -0.0246. The number of nitrogens with zero attached hydrogens (tertiary/aromatic N) is 4. The van der Waals surface area contributed by atoms with Gasteiger partial charge < -0.3 is 10.5 Å². The minimum absolute atomic E-state index is 0.369. The van der Waals surface area contributed by atoms with Crippen molar-refractivity contribution in [2.45, 2.75) is 32.9 Å². The van der Waals surface area contributed by atoms with E-state index in [0.717, 1.165) is 0 Å². The van der Waals surface area contributed by atoms with Gasteiger partial charge in [-0.2, -0.15) is 0 Å². The van der Waals surface area contributed by atoms with Crippen molar-refractivity contribution in [3.8, 4) is 11.4 Å². The van der Waals surface area contributed by atoms with Gasteiger partial charge in [-0.05, 0) is 49.4 Å². The zero-order chi connectivity index (χ0) is 14.8. The number of nitrogen functional groups attached to an aromatic ring is 1. The van der Waals surface area contributed by atoms with E-state index in [4.69, 9.17) is 22.1 Å². The van der Waals surface area contributed by atoms with Crippen molar-refractivity contribution in [3.63, 3.8) is 0 Å². The third-order valence-corrected chi connectivity index (χ3v) is 3.16. The number of hydrogen-bond donors (Lipinski definition) is 1. The molecule has 0 unspecified atom stereocenters. The first-order valence-electron chi connectivity index (χ1n) is 6.38. The minimum Gasteiger partial charge on any atom is -0.399 e. The Balaban J connectivity index is 2.36. The monoisotopic (exact) mass is 295 g/mol. The molecule has 0 saturated carbocycles. The van der Waals surface area contributed by atoms with Crippen LogP contribution >= 0.6 is 11.6 Å². The van der Waals surface area contributed by atoms with Crippen LogP contribution in [0.4, 0.5) is 5.69 Å². The van der Waals surface area contributed by atoms with Crippen LogP contribution in [0.15, 0.2) is 18.2 Å². The molecule has 0 aliphatic carbocycles. The molecule has 0 aliphatic rings. The van der Waals surface area contributed by atoms with Crippen molar-refractivity contribution in [2.24, 2.45) is 0 Å². The Morgan fingerprint density at radius 2 is 2.15 bits per heavy atom. The van der Waals surface area contributed by atoms with Crippen LogP contribution in [0.2, 0.25) is 5.02 Å². The first-order chi connectivity index (χ1) is 9.43. The number of halogens is 1. The molecule has 7 heteroatoms. The molecule has 2 N–H and O–H groups in total. The maximum absolute atomic E-state index is 6.20. The van der Waals surface area contributed by atoms with E-state index in [9.17, 15) is 0 Å². The van der Waals surface area contributed by atoms with E-state index in [0.29, 0.717) is 35.2 Å². The lowest BCUT2D eigenvalue weighted by Crippen LogP contribution is -2.31. The number of benzene rings is 1. The highest BCUT2D eigenvalue weighted by Gasteiger charge is 2.22. The third kappa shape index (κ3) is 3.26. The number of anilines is 1. The predicted molar refractivity (Wildman–Crippen MR) is 78.4 cm³/mol. The summed E-state index contributed by atoms with van der Waals surface area (Å²) in [6, 6.07) is 5.24.